The molecule has 0 saturated heterocycles. The molecule has 1 aliphatic rings. The van der Waals surface area contributed by atoms with Crippen LogP contribution in [0.15, 0.2) is 12.3 Å². The molecule has 2 rings (SSSR count). The number of fused-ring (bicyclic) bond motifs is 1. The van der Waals surface area contributed by atoms with E-state index in [9.17, 15) is 4.79 Å². The number of methoxy groups -OCH3 is 1. The van der Waals surface area contributed by atoms with Gasteiger partial charge in [0.1, 0.15) is 5.82 Å². The van der Waals surface area contributed by atoms with Crippen molar-refractivity contribution in [2.75, 3.05) is 25.6 Å². The van der Waals surface area contributed by atoms with Gasteiger partial charge in [-0.05, 0) is 18.1 Å². The third-order valence-electron chi connectivity index (χ3n) is 2.44. The predicted octanol–water partition coefficient (Wildman–Crippen LogP) is 0.860. The Hall–Kier alpha value is -1.58. The molecule has 0 atom stereocenters. The average molecular weight is 192 g/mol. The topological polar surface area (TPSA) is 42.4 Å². The fourth-order valence-electron chi connectivity index (χ4n) is 1.65. The Morgan fingerprint density at radius 1 is 1.64 bits per heavy atom. The maximum atomic E-state index is 11.2. The molecule has 0 aliphatic carbocycles. The van der Waals surface area contributed by atoms with Crippen LogP contribution in [0, 0.1) is 0 Å². The number of carbonyl (C=O) groups excluding carboxylic acids is 1. The van der Waals surface area contributed by atoms with E-state index in [1.165, 1.54) is 7.11 Å². The van der Waals surface area contributed by atoms with Crippen LogP contribution in [0.2, 0.25) is 0 Å². The van der Waals surface area contributed by atoms with Gasteiger partial charge in [-0.2, -0.15) is 0 Å². The summed E-state index contributed by atoms with van der Waals surface area (Å²) in [7, 11) is 3.37. The van der Waals surface area contributed by atoms with Crippen molar-refractivity contribution in [1.29, 1.82) is 0 Å². The molecule has 1 aromatic rings. The summed E-state index contributed by atoms with van der Waals surface area (Å²) in [6.07, 6.45) is 2.51. The molecule has 1 aliphatic heterocycles. The van der Waals surface area contributed by atoms with Crippen LogP contribution in [0.3, 0.4) is 0 Å². The lowest BCUT2D eigenvalue weighted by Gasteiger charge is -2.10. The van der Waals surface area contributed by atoms with Gasteiger partial charge in [0.05, 0.1) is 12.7 Å². The third kappa shape index (κ3) is 1.32. The van der Waals surface area contributed by atoms with Crippen molar-refractivity contribution >= 4 is 11.8 Å². The summed E-state index contributed by atoms with van der Waals surface area (Å²) in [4.78, 5) is 17.5. The van der Waals surface area contributed by atoms with E-state index in [1.54, 1.807) is 6.20 Å². The summed E-state index contributed by atoms with van der Waals surface area (Å²) in [5, 5.41) is 0. The Kier molecular flexibility index (Phi) is 2.11. The number of nitrogens with zero attached hydrogens (tertiary/aromatic N) is 2. The Bertz CT molecular complexity index is 376. The van der Waals surface area contributed by atoms with Crippen molar-refractivity contribution in [3.63, 3.8) is 0 Å². The van der Waals surface area contributed by atoms with Gasteiger partial charge in [-0.25, -0.2) is 9.78 Å². The van der Waals surface area contributed by atoms with E-state index < -0.39 is 0 Å². The van der Waals surface area contributed by atoms with Gasteiger partial charge in [-0.3, -0.25) is 0 Å². The number of hydrogen-bond acceptors (Lipinski definition) is 4. The van der Waals surface area contributed by atoms with E-state index in [2.05, 4.69) is 14.6 Å². The van der Waals surface area contributed by atoms with E-state index in [0.29, 0.717) is 5.56 Å². The molecule has 2 heterocycles. The molecule has 0 bridgehead atoms. The normalized spacial score (nSPS) is 14.0. The lowest BCUT2D eigenvalue weighted by molar-refractivity contribution is 0.0600. The van der Waals surface area contributed by atoms with Crippen molar-refractivity contribution in [2.45, 2.75) is 6.42 Å². The van der Waals surface area contributed by atoms with E-state index in [-0.39, 0.29) is 5.97 Å². The van der Waals surface area contributed by atoms with E-state index in [4.69, 9.17) is 0 Å². The number of pyridine rings is 1. The number of rotatable bonds is 1. The second-order valence-electron chi connectivity index (χ2n) is 3.37. The smallest absolute Gasteiger partial charge is 0.339 e. The third-order valence-corrected chi connectivity index (χ3v) is 2.44. The van der Waals surface area contributed by atoms with Crippen molar-refractivity contribution in [1.82, 2.24) is 4.98 Å². The van der Waals surface area contributed by atoms with Crippen LogP contribution < -0.4 is 4.90 Å². The van der Waals surface area contributed by atoms with E-state index in [1.807, 2.05) is 13.1 Å². The summed E-state index contributed by atoms with van der Waals surface area (Å²) in [5.41, 5.74) is 1.65. The predicted molar refractivity (Wildman–Crippen MR) is 52.6 cm³/mol. The molecule has 0 unspecified atom stereocenters. The molecular weight excluding hydrogens is 180 g/mol. The molecule has 0 fully saturated rings. The molecule has 0 spiro atoms. The van der Waals surface area contributed by atoms with Crippen LogP contribution in [0.1, 0.15) is 15.9 Å². The van der Waals surface area contributed by atoms with Gasteiger partial charge in [0, 0.05) is 19.8 Å². The highest BCUT2D eigenvalue weighted by molar-refractivity contribution is 5.89. The van der Waals surface area contributed by atoms with Crippen LogP contribution in [0.5, 0.6) is 0 Å². The van der Waals surface area contributed by atoms with Crippen LogP contribution in [0.4, 0.5) is 5.82 Å². The standard InChI is InChI=1S/C10H12N2O2/c1-12-4-3-7-5-8(10(13)14-2)6-11-9(7)12/h5-6H,3-4H2,1-2H3. The molecule has 0 N–H and O–H groups in total. The quantitative estimate of drug-likeness (QED) is 0.619. The monoisotopic (exact) mass is 192 g/mol. The minimum Gasteiger partial charge on any atom is -0.465 e. The average Bonchev–Trinajstić information content (AvgIpc) is 2.59. The molecule has 0 radical (unpaired) electrons. The minimum atomic E-state index is -0.324. The van der Waals surface area contributed by atoms with Crippen LogP contribution in [-0.4, -0.2) is 31.7 Å². The van der Waals surface area contributed by atoms with Gasteiger partial charge in [-0.1, -0.05) is 0 Å². The molecular formula is C10H12N2O2. The van der Waals surface area contributed by atoms with Crippen LogP contribution >= 0.6 is 0 Å². The zero-order valence-corrected chi connectivity index (χ0v) is 8.28. The summed E-state index contributed by atoms with van der Waals surface area (Å²) < 4.78 is 4.63. The number of esters is 1. The number of likely N-dealkylation sites (N-methyl/N-ethyl adjacent to an activating group) is 1. The highest BCUT2D eigenvalue weighted by Crippen LogP contribution is 2.24. The molecule has 74 valence electrons. The fourth-order valence-corrected chi connectivity index (χ4v) is 1.65. The zero-order valence-electron chi connectivity index (χ0n) is 8.28. The number of anilines is 1. The number of hydrogen-bond donors (Lipinski definition) is 0. The highest BCUT2D eigenvalue weighted by atomic mass is 16.5. The molecule has 4 heteroatoms. The first kappa shape index (κ1) is 8.99. The van der Waals surface area contributed by atoms with Gasteiger partial charge in [-0.15, -0.1) is 0 Å². The van der Waals surface area contributed by atoms with Crippen molar-refractivity contribution < 1.29 is 9.53 Å². The van der Waals surface area contributed by atoms with Gasteiger partial charge in [0.2, 0.25) is 0 Å². The van der Waals surface area contributed by atoms with Gasteiger partial charge in [0.25, 0.3) is 0 Å². The second kappa shape index (κ2) is 3.29. The minimum absolute atomic E-state index is 0.324. The van der Waals surface area contributed by atoms with Crippen molar-refractivity contribution in [2.24, 2.45) is 0 Å². The Morgan fingerprint density at radius 2 is 2.43 bits per heavy atom. The molecule has 1 aromatic heterocycles. The lowest BCUT2D eigenvalue weighted by Crippen LogP contribution is -2.13. The summed E-state index contributed by atoms with van der Waals surface area (Å²) in [5.74, 6) is 0.646. The Morgan fingerprint density at radius 3 is 3.14 bits per heavy atom. The van der Waals surface area contributed by atoms with E-state index >= 15 is 0 Å². The first-order valence-electron chi connectivity index (χ1n) is 4.50. The van der Waals surface area contributed by atoms with Crippen molar-refractivity contribution in [3.8, 4) is 0 Å². The van der Waals surface area contributed by atoms with E-state index in [0.717, 1.165) is 24.3 Å². The maximum absolute atomic E-state index is 11.2. The first-order valence-corrected chi connectivity index (χ1v) is 4.50. The van der Waals surface area contributed by atoms with Gasteiger partial charge >= 0.3 is 5.97 Å². The molecule has 4 nitrogen and oxygen atoms in total. The van der Waals surface area contributed by atoms with Crippen LogP contribution in [0.25, 0.3) is 0 Å². The number of carbonyl (C=O) groups is 1. The molecule has 0 aromatic carbocycles. The molecule has 0 saturated carbocycles. The highest BCUT2D eigenvalue weighted by Gasteiger charge is 2.19. The SMILES string of the molecule is COC(=O)c1cnc2c(c1)CCN2C. The Balaban J connectivity index is 2.37. The summed E-state index contributed by atoms with van der Waals surface area (Å²) in [6.45, 7) is 0.965. The van der Waals surface area contributed by atoms with Gasteiger partial charge in [0.15, 0.2) is 0 Å². The van der Waals surface area contributed by atoms with Crippen LogP contribution in [-0.2, 0) is 11.2 Å². The van der Waals surface area contributed by atoms with Crippen molar-refractivity contribution in [3.05, 3.63) is 23.4 Å². The van der Waals surface area contributed by atoms with Gasteiger partial charge < -0.3 is 9.64 Å². The zero-order chi connectivity index (χ0) is 10.1. The largest absolute Gasteiger partial charge is 0.465 e. The summed E-state index contributed by atoms with van der Waals surface area (Å²) >= 11 is 0. The summed E-state index contributed by atoms with van der Waals surface area (Å²) in [6, 6.07) is 1.86. The Labute approximate surface area is 82.5 Å². The first-order chi connectivity index (χ1) is 6.72. The maximum Gasteiger partial charge on any atom is 0.339 e. The fraction of sp³-hybridized carbons (Fsp3) is 0.400. The second-order valence-corrected chi connectivity index (χ2v) is 3.37. The number of ether oxygens (including phenoxy) is 1. The molecule has 14 heavy (non-hydrogen) atoms. The lowest BCUT2D eigenvalue weighted by atomic mass is 10.2. The molecule has 0 amide bonds. The number of aromatic nitrogens is 1.